The fraction of sp³-hybridized carbons (Fsp3) is 0.562. The molecule has 0 spiro atoms. The van der Waals surface area contributed by atoms with Gasteiger partial charge in [-0.15, -0.1) is 0 Å². The van der Waals surface area contributed by atoms with Crippen LogP contribution in [0, 0.1) is 0 Å². The molecule has 2 fully saturated rings. The molecule has 4 heterocycles. The largest absolute Gasteiger partial charge is 0.383 e. The predicted molar refractivity (Wildman–Crippen MR) is 90.7 cm³/mol. The number of nitrogen functional groups attached to an aromatic ring is 1. The van der Waals surface area contributed by atoms with Gasteiger partial charge in [-0.05, 0) is 25.7 Å². The molecule has 7 heteroatoms. The van der Waals surface area contributed by atoms with E-state index in [1.54, 1.807) is 0 Å². The summed E-state index contributed by atoms with van der Waals surface area (Å²) in [6.45, 7) is 4.01. The Morgan fingerprint density at radius 3 is 2.52 bits per heavy atom. The van der Waals surface area contributed by atoms with Crippen molar-refractivity contribution in [2.45, 2.75) is 31.6 Å². The third-order valence-corrected chi connectivity index (χ3v) is 4.83. The van der Waals surface area contributed by atoms with Crippen molar-refractivity contribution >= 4 is 17.6 Å². The number of anilines is 3. The summed E-state index contributed by atoms with van der Waals surface area (Å²) in [4.78, 5) is 21.4. The molecule has 2 aromatic rings. The third-order valence-electron chi connectivity index (χ3n) is 4.83. The van der Waals surface area contributed by atoms with Gasteiger partial charge in [0.05, 0.1) is 0 Å². The van der Waals surface area contributed by atoms with Crippen molar-refractivity contribution in [2.24, 2.45) is 0 Å². The van der Waals surface area contributed by atoms with Crippen LogP contribution in [0.5, 0.6) is 0 Å². The van der Waals surface area contributed by atoms with E-state index >= 15 is 0 Å². The maximum atomic E-state index is 6.02. The van der Waals surface area contributed by atoms with Crippen LogP contribution in [0.3, 0.4) is 0 Å². The minimum atomic E-state index is 0.512. The topological polar surface area (TPSA) is 87.0 Å². The van der Waals surface area contributed by atoms with E-state index in [4.69, 9.17) is 10.7 Å². The molecule has 122 valence electrons. The zero-order chi connectivity index (χ0) is 15.6. The van der Waals surface area contributed by atoms with Gasteiger partial charge >= 0.3 is 0 Å². The van der Waals surface area contributed by atoms with E-state index in [-0.39, 0.29) is 0 Å². The third kappa shape index (κ3) is 2.95. The summed E-state index contributed by atoms with van der Waals surface area (Å²) < 4.78 is 0. The minimum absolute atomic E-state index is 0.512. The van der Waals surface area contributed by atoms with Gasteiger partial charge in [0, 0.05) is 50.6 Å². The first-order valence-electron chi connectivity index (χ1n) is 8.43. The Morgan fingerprint density at radius 2 is 1.83 bits per heavy atom. The summed E-state index contributed by atoms with van der Waals surface area (Å²) in [7, 11) is 0. The molecular formula is C16H23N7. The first kappa shape index (κ1) is 14.3. The number of aromatic amines is 1. The van der Waals surface area contributed by atoms with E-state index in [9.17, 15) is 0 Å². The molecule has 3 N–H and O–H groups in total. The molecule has 0 radical (unpaired) electrons. The molecular weight excluding hydrogens is 290 g/mol. The maximum Gasteiger partial charge on any atom is 0.229 e. The Balaban J connectivity index is 1.48. The molecule has 2 aliphatic rings. The highest BCUT2D eigenvalue weighted by Crippen LogP contribution is 2.29. The van der Waals surface area contributed by atoms with Crippen LogP contribution < -0.4 is 15.5 Å². The second-order valence-corrected chi connectivity index (χ2v) is 6.38. The quantitative estimate of drug-likeness (QED) is 0.898. The van der Waals surface area contributed by atoms with E-state index < -0.39 is 0 Å². The van der Waals surface area contributed by atoms with Gasteiger partial charge in [0.15, 0.2) is 0 Å². The minimum Gasteiger partial charge on any atom is -0.383 e. The number of H-pyrrole nitrogens is 1. The average molecular weight is 313 g/mol. The van der Waals surface area contributed by atoms with Gasteiger partial charge in [-0.3, -0.25) is 0 Å². The van der Waals surface area contributed by atoms with Crippen LogP contribution in [0.4, 0.5) is 17.6 Å². The van der Waals surface area contributed by atoms with E-state index in [0.29, 0.717) is 11.7 Å². The Labute approximate surface area is 135 Å². The number of nitrogens with one attached hydrogen (secondary N) is 1. The van der Waals surface area contributed by atoms with Crippen LogP contribution in [0.1, 0.15) is 37.4 Å². The second-order valence-electron chi connectivity index (χ2n) is 6.38. The van der Waals surface area contributed by atoms with Crippen molar-refractivity contribution in [1.82, 2.24) is 19.9 Å². The van der Waals surface area contributed by atoms with Crippen molar-refractivity contribution < 1.29 is 0 Å². The van der Waals surface area contributed by atoms with Gasteiger partial charge in [-0.25, -0.2) is 4.98 Å². The molecule has 23 heavy (non-hydrogen) atoms. The van der Waals surface area contributed by atoms with Gasteiger partial charge in [0.1, 0.15) is 17.5 Å². The van der Waals surface area contributed by atoms with Gasteiger partial charge in [-0.1, -0.05) is 0 Å². The zero-order valence-corrected chi connectivity index (χ0v) is 13.3. The SMILES string of the molecule is Nc1cc(N2CCC(c3ncc[nH]3)CC2)nc(N2CCCC2)n1. The lowest BCUT2D eigenvalue weighted by Gasteiger charge is -2.32. The van der Waals surface area contributed by atoms with Crippen LogP contribution in [0.2, 0.25) is 0 Å². The number of hydrogen-bond acceptors (Lipinski definition) is 6. The normalized spacial score (nSPS) is 19.5. The number of imidazole rings is 1. The zero-order valence-electron chi connectivity index (χ0n) is 13.3. The highest BCUT2D eigenvalue weighted by atomic mass is 15.3. The van der Waals surface area contributed by atoms with Crippen LogP contribution in [0.15, 0.2) is 18.5 Å². The molecule has 2 aliphatic heterocycles. The van der Waals surface area contributed by atoms with Crippen molar-refractivity contribution in [3.63, 3.8) is 0 Å². The summed E-state index contributed by atoms with van der Waals surface area (Å²) in [6, 6.07) is 1.90. The van der Waals surface area contributed by atoms with Crippen molar-refractivity contribution in [2.75, 3.05) is 41.7 Å². The number of aromatic nitrogens is 4. The number of hydrogen-bond donors (Lipinski definition) is 2. The molecule has 7 nitrogen and oxygen atoms in total. The van der Waals surface area contributed by atoms with E-state index in [1.165, 1.54) is 12.8 Å². The maximum absolute atomic E-state index is 6.02. The monoisotopic (exact) mass is 313 g/mol. The van der Waals surface area contributed by atoms with E-state index in [0.717, 1.165) is 56.6 Å². The average Bonchev–Trinajstić information content (AvgIpc) is 3.28. The van der Waals surface area contributed by atoms with Crippen LogP contribution in [0.25, 0.3) is 0 Å². The van der Waals surface area contributed by atoms with Crippen LogP contribution in [-0.4, -0.2) is 46.1 Å². The molecule has 0 saturated carbocycles. The number of nitrogens with zero attached hydrogens (tertiary/aromatic N) is 5. The molecule has 0 amide bonds. The number of rotatable bonds is 3. The fourth-order valence-electron chi connectivity index (χ4n) is 3.54. The highest BCUT2D eigenvalue weighted by Gasteiger charge is 2.24. The van der Waals surface area contributed by atoms with E-state index in [1.807, 2.05) is 18.5 Å². The molecule has 0 aromatic carbocycles. The smallest absolute Gasteiger partial charge is 0.229 e. The van der Waals surface area contributed by atoms with Crippen molar-refractivity contribution in [3.05, 3.63) is 24.3 Å². The Kier molecular flexibility index (Phi) is 3.77. The number of nitrogens with two attached hydrogens (primary N) is 1. The van der Waals surface area contributed by atoms with Gasteiger partial charge in [-0.2, -0.15) is 9.97 Å². The lowest BCUT2D eigenvalue weighted by molar-refractivity contribution is 0.486. The molecule has 2 aromatic heterocycles. The van der Waals surface area contributed by atoms with Crippen molar-refractivity contribution in [1.29, 1.82) is 0 Å². The molecule has 0 bridgehead atoms. The van der Waals surface area contributed by atoms with Crippen LogP contribution >= 0.6 is 0 Å². The summed E-state index contributed by atoms with van der Waals surface area (Å²) in [6.07, 6.45) is 8.31. The Hall–Kier alpha value is -2.31. The summed E-state index contributed by atoms with van der Waals surface area (Å²) in [5, 5.41) is 0. The van der Waals surface area contributed by atoms with Gasteiger partial charge < -0.3 is 20.5 Å². The molecule has 2 saturated heterocycles. The summed E-state index contributed by atoms with van der Waals surface area (Å²) >= 11 is 0. The Bertz CT molecular complexity index is 640. The second kappa shape index (κ2) is 6.06. The Morgan fingerprint density at radius 1 is 1.04 bits per heavy atom. The first-order valence-corrected chi connectivity index (χ1v) is 8.43. The molecule has 0 aliphatic carbocycles. The van der Waals surface area contributed by atoms with E-state index in [2.05, 4.69) is 24.8 Å². The van der Waals surface area contributed by atoms with Crippen LogP contribution in [-0.2, 0) is 0 Å². The fourth-order valence-corrected chi connectivity index (χ4v) is 3.54. The van der Waals surface area contributed by atoms with Crippen molar-refractivity contribution in [3.8, 4) is 0 Å². The lowest BCUT2D eigenvalue weighted by atomic mass is 9.96. The lowest BCUT2D eigenvalue weighted by Crippen LogP contribution is -2.34. The molecule has 4 rings (SSSR count). The highest BCUT2D eigenvalue weighted by molar-refractivity contribution is 5.53. The number of piperidine rings is 1. The molecule has 0 unspecified atom stereocenters. The summed E-state index contributed by atoms with van der Waals surface area (Å²) in [5.74, 6) is 3.91. The first-order chi connectivity index (χ1) is 11.3. The van der Waals surface area contributed by atoms with Gasteiger partial charge in [0.2, 0.25) is 5.95 Å². The van der Waals surface area contributed by atoms with Gasteiger partial charge in [0.25, 0.3) is 0 Å². The predicted octanol–water partition coefficient (Wildman–Crippen LogP) is 1.77. The summed E-state index contributed by atoms with van der Waals surface area (Å²) in [5.41, 5.74) is 6.02. The molecule has 0 atom stereocenters. The standard InChI is InChI=1S/C16H23N7/c17-13-11-14(21-16(20-13)23-7-1-2-8-23)22-9-3-12(4-10-22)15-18-5-6-19-15/h5-6,11-12H,1-4,7-10H2,(H,18,19)(H2,17,20,21).